The van der Waals surface area contributed by atoms with E-state index in [2.05, 4.69) is 26.8 Å². The van der Waals surface area contributed by atoms with Crippen LogP contribution in [0, 0.1) is 12.1 Å². The Kier molecular flexibility index (Phi) is 2.44. The molecule has 2 nitrogen and oxygen atoms in total. The third-order valence-electron chi connectivity index (χ3n) is 1.03. The Morgan fingerprint density at radius 3 is 2.91 bits per heavy atom. The largest absolute Gasteiger partial charge is 0.384 e. The lowest BCUT2D eigenvalue weighted by molar-refractivity contribution is 0.773. The van der Waals surface area contributed by atoms with Crippen LogP contribution in [-0.4, -0.2) is 4.98 Å². The predicted molar refractivity (Wildman–Crippen MR) is 44.3 cm³/mol. The molecule has 1 rings (SSSR count). The van der Waals surface area contributed by atoms with E-state index in [0.717, 1.165) is 0 Å². The van der Waals surface area contributed by atoms with Gasteiger partial charge in [-0.05, 0) is 34.0 Å². The number of hydrogen-bond acceptors (Lipinski definition) is 2. The van der Waals surface area contributed by atoms with Crippen LogP contribution in [0.1, 0.15) is 5.69 Å². The highest BCUT2D eigenvalue weighted by atomic mass is 79.9. The SMILES string of the molecule is Nc1ccc(Br)c(C#CF)n1. The van der Waals surface area contributed by atoms with Gasteiger partial charge in [0.15, 0.2) is 0 Å². The fourth-order valence-corrected chi connectivity index (χ4v) is 0.910. The lowest BCUT2D eigenvalue weighted by atomic mass is 10.3. The van der Waals surface area contributed by atoms with E-state index in [4.69, 9.17) is 5.73 Å². The fraction of sp³-hybridized carbons (Fsp3) is 0. The number of nitrogens with zero attached hydrogens (tertiary/aromatic N) is 1. The van der Waals surface area contributed by atoms with Gasteiger partial charge in [-0.2, -0.15) is 0 Å². The van der Waals surface area contributed by atoms with Crippen molar-refractivity contribution in [3.05, 3.63) is 22.3 Å². The second kappa shape index (κ2) is 3.35. The van der Waals surface area contributed by atoms with Gasteiger partial charge < -0.3 is 5.73 Å². The summed E-state index contributed by atoms with van der Waals surface area (Å²) < 4.78 is 12.2. The van der Waals surface area contributed by atoms with Gasteiger partial charge in [-0.1, -0.05) is 0 Å². The maximum absolute atomic E-state index is 11.5. The van der Waals surface area contributed by atoms with Crippen molar-refractivity contribution in [1.29, 1.82) is 0 Å². The molecule has 0 aliphatic rings. The smallest absolute Gasteiger partial charge is 0.132 e. The third kappa shape index (κ3) is 1.92. The Bertz CT molecular complexity index is 327. The topological polar surface area (TPSA) is 38.9 Å². The van der Waals surface area contributed by atoms with Gasteiger partial charge >= 0.3 is 0 Å². The Labute approximate surface area is 71.8 Å². The van der Waals surface area contributed by atoms with Gasteiger partial charge in [0.2, 0.25) is 0 Å². The molecule has 0 saturated carbocycles. The number of hydrogen-bond donors (Lipinski definition) is 1. The van der Waals surface area contributed by atoms with Crippen LogP contribution in [0.2, 0.25) is 0 Å². The molecule has 2 N–H and O–H groups in total. The zero-order valence-electron chi connectivity index (χ0n) is 5.44. The first kappa shape index (κ1) is 8.02. The summed E-state index contributed by atoms with van der Waals surface area (Å²) in [6.45, 7) is 0. The predicted octanol–water partition coefficient (Wildman–Crippen LogP) is 1.70. The summed E-state index contributed by atoms with van der Waals surface area (Å²) in [5, 5.41) is 0. The molecule has 0 aliphatic carbocycles. The van der Waals surface area contributed by atoms with Gasteiger partial charge in [0, 0.05) is 0 Å². The molecule has 4 heteroatoms. The van der Waals surface area contributed by atoms with Crippen LogP contribution in [0.15, 0.2) is 16.6 Å². The quantitative estimate of drug-likeness (QED) is 0.669. The molecule has 56 valence electrons. The first-order valence-electron chi connectivity index (χ1n) is 2.77. The van der Waals surface area contributed by atoms with Crippen molar-refractivity contribution in [3.8, 4) is 12.1 Å². The molecular weight excluding hydrogens is 211 g/mol. The highest BCUT2D eigenvalue weighted by Gasteiger charge is 1.97. The van der Waals surface area contributed by atoms with Crippen molar-refractivity contribution in [3.63, 3.8) is 0 Å². The number of aromatic nitrogens is 1. The van der Waals surface area contributed by atoms with E-state index >= 15 is 0 Å². The van der Waals surface area contributed by atoms with Crippen molar-refractivity contribution in [2.45, 2.75) is 0 Å². The molecule has 0 amide bonds. The summed E-state index contributed by atoms with van der Waals surface area (Å²) in [7, 11) is 0. The average Bonchev–Trinajstić information content (AvgIpc) is 1.98. The molecule has 0 aliphatic heterocycles. The number of rotatable bonds is 0. The fourth-order valence-electron chi connectivity index (χ4n) is 0.590. The maximum Gasteiger partial charge on any atom is 0.132 e. The van der Waals surface area contributed by atoms with Gasteiger partial charge in [-0.3, -0.25) is 0 Å². The van der Waals surface area contributed by atoms with Gasteiger partial charge in [0.1, 0.15) is 17.7 Å². The number of nitrogen functional groups attached to an aromatic ring is 1. The summed E-state index contributed by atoms with van der Waals surface area (Å²) >= 11 is 3.14. The first-order valence-corrected chi connectivity index (χ1v) is 3.57. The van der Waals surface area contributed by atoms with Crippen LogP contribution in [-0.2, 0) is 0 Å². The first-order chi connectivity index (χ1) is 5.24. The van der Waals surface area contributed by atoms with Gasteiger partial charge in [-0.25, -0.2) is 4.98 Å². The molecular formula is C7H4BrFN2. The maximum atomic E-state index is 11.5. The molecule has 1 aromatic heterocycles. The van der Waals surface area contributed by atoms with E-state index in [-0.39, 0.29) is 0 Å². The van der Waals surface area contributed by atoms with Crippen LogP contribution >= 0.6 is 15.9 Å². The van der Waals surface area contributed by atoms with E-state index in [1.165, 1.54) is 6.17 Å². The lowest BCUT2D eigenvalue weighted by Crippen LogP contribution is -1.92. The zero-order valence-corrected chi connectivity index (χ0v) is 7.02. The summed E-state index contributed by atoms with van der Waals surface area (Å²) in [5.41, 5.74) is 5.65. The normalized spacial score (nSPS) is 8.55. The summed E-state index contributed by atoms with van der Waals surface area (Å²) in [5.74, 6) is 2.49. The number of halogens is 2. The van der Waals surface area contributed by atoms with Gasteiger partial charge in [0.05, 0.1) is 4.47 Å². The Morgan fingerprint density at radius 2 is 2.27 bits per heavy atom. The van der Waals surface area contributed by atoms with Crippen molar-refractivity contribution in [2.75, 3.05) is 5.73 Å². The molecule has 0 bridgehead atoms. The lowest BCUT2D eigenvalue weighted by Gasteiger charge is -1.95. The number of pyridine rings is 1. The minimum Gasteiger partial charge on any atom is -0.384 e. The van der Waals surface area contributed by atoms with E-state index in [1.807, 2.05) is 0 Å². The molecule has 11 heavy (non-hydrogen) atoms. The molecule has 0 atom stereocenters. The highest BCUT2D eigenvalue weighted by Crippen LogP contribution is 2.14. The Hall–Kier alpha value is -1.08. The highest BCUT2D eigenvalue weighted by molar-refractivity contribution is 9.10. The zero-order chi connectivity index (χ0) is 8.27. The Morgan fingerprint density at radius 1 is 1.55 bits per heavy atom. The van der Waals surface area contributed by atoms with Crippen LogP contribution < -0.4 is 5.73 Å². The van der Waals surface area contributed by atoms with Gasteiger partial charge in [-0.15, -0.1) is 4.39 Å². The molecule has 1 aromatic rings. The molecule has 0 fully saturated rings. The minimum absolute atomic E-state index is 0.313. The average molecular weight is 215 g/mol. The van der Waals surface area contributed by atoms with Crippen LogP contribution in [0.25, 0.3) is 0 Å². The minimum atomic E-state index is 0.313. The van der Waals surface area contributed by atoms with E-state index < -0.39 is 0 Å². The second-order valence-electron chi connectivity index (χ2n) is 1.79. The van der Waals surface area contributed by atoms with Gasteiger partial charge in [0.25, 0.3) is 0 Å². The molecule has 0 spiro atoms. The van der Waals surface area contributed by atoms with E-state index in [9.17, 15) is 4.39 Å². The van der Waals surface area contributed by atoms with E-state index in [0.29, 0.717) is 16.0 Å². The van der Waals surface area contributed by atoms with Crippen molar-refractivity contribution >= 4 is 21.7 Å². The third-order valence-corrected chi connectivity index (χ3v) is 1.67. The molecule has 0 unspecified atom stereocenters. The summed E-state index contributed by atoms with van der Waals surface area (Å²) in [6, 6.07) is 3.27. The van der Waals surface area contributed by atoms with E-state index in [1.54, 1.807) is 12.1 Å². The van der Waals surface area contributed by atoms with Crippen LogP contribution in [0.4, 0.5) is 10.2 Å². The van der Waals surface area contributed by atoms with Crippen molar-refractivity contribution in [1.82, 2.24) is 4.98 Å². The van der Waals surface area contributed by atoms with Crippen LogP contribution in [0.5, 0.6) is 0 Å². The number of nitrogens with two attached hydrogens (primary N) is 1. The monoisotopic (exact) mass is 214 g/mol. The standard InChI is InChI=1S/C7H4BrFN2/c8-5-1-2-7(10)11-6(5)3-4-9/h1-2H,(H2,10,11). The molecule has 1 heterocycles. The number of anilines is 1. The summed E-state index contributed by atoms with van der Waals surface area (Å²) in [4.78, 5) is 3.78. The van der Waals surface area contributed by atoms with Crippen LogP contribution in [0.3, 0.4) is 0 Å². The molecule has 0 radical (unpaired) electrons. The Balaban J connectivity index is 3.19. The summed E-state index contributed by atoms with van der Waals surface area (Å²) in [6.07, 6.45) is 1.25. The molecule has 0 saturated heterocycles. The molecule has 0 aromatic carbocycles. The van der Waals surface area contributed by atoms with Crippen molar-refractivity contribution < 1.29 is 4.39 Å². The second-order valence-corrected chi connectivity index (χ2v) is 2.64. The van der Waals surface area contributed by atoms with Crippen molar-refractivity contribution in [2.24, 2.45) is 0 Å².